The van der Waals surface area contributed by atoms with Crippen LogP contribution in [0.3, 0.4) is 0 Å². The van der Waals surface area contributed by atoms with Crippen molar-refractivity contribution in [2.75, 3.05) is 5.32 Å². The van der Waals surface area contributed by atoms with Crippen LogP contribution >= 0.6 is 0 Å². The Morgan fingerprint density at radius 1 is 1.09 bits per heavy atom. The van der Waals surface area contributed by atoms with E-state index < -0.39 is 0 Å². The minimum Gasteiger partial charge on any atom is -0.491 e. The SMILES string of the molecule is CC(C)Oc1ccc2c(c1)C1C=CCC1C(c1ccccc1)N2. The Labute approximate surface area is 138 Å². The molecule has 3 unspecified atom stereocenters. The first-order valence-electron chi connectivity index (χ1n) is 8.51. The zero-order valence-electron chi connectivity index (χ0n) is 13.7. The molecule has 2 aliphatic rings. The number of allylic oxidation sites excluding steroid dienone is 2. The van der Waals surface area contributed by atoms with Crippen molar-refractivity contribution in [2.24, 2.45) is 5.92 Å². The fourth-order valence-electron chi connectivity index (χ4n) is 3.91. The molecule has 2 nitrogen and oxygen atoms in total. The van der Waals surface area contributed by atoms with Crippen LogP contribution in [0, 0.1) is 5.92 Å². The molecule has 0 amide bonds. The fraction of sp³-hybridized carbons (Fsp3) is 0.333. The largest absolute Gasteiger partial charge is 0.491 e. The van der Waals surface area contributed by atoms with Crippen molar-refractivity contribution in [3.05, 3.63) is 71.8 Å². The van der Waals surface area contributed by atoms with E-state index in [1.165, 1.54) is 16.8 Å². The van der Waals surface area contributed by atoms with Gasteiger partial charge in [0.1, 0.15) is 5.75 Å². The Hall–Kier alpha value is -2.22. The van der Waals surface area contributed by atoms with Gasteiger partial charge in [-0.2, -0.15) is 0 Å². The number of fused-ring (bicyclic) bond motifs is 3. The van der Waals surface area contributed by atoms with Crippen molar-refractivity contribution >= 4 is 5.69 Å². The van der Waals surface area contributed by atoms with E-state index in [4.69, 9.17) is 4.74 Å². The van der Waals surface area contributed by atoms with Gasteiger partial charge in [0.2, 0.25) is 0 Å². The summed E-state index contributed by atoms with van der Waals surface area (Å²) in [6, 6.07) is 17.6. The van der Waals surface area contributed by atoms with E-state index in [9.17, 15) is 0 Å². The lowest BCUT2D eigenvalue weighted by molar-refractivity contribution is 0.242. The molecule has 1 aliphatic carbocycles. The first-order chi connectivity index (χ1) is 11.2. The zero-order valence-corrected chi connectivity index (χ0v) is 13.7. The standard InChI is InChI=1S/C21H23NO/c1-14(2)23-16-11-12-20-19(13-16)17-9-6-10-18(17)21(22-20)15-7-4-3-5-8-15/h3-9,11-14,17-18,21-22H,10H2,1-2H3. The summed E-state index contributed by atoms with van der Waals surface area (Å²) in [6.07, 6.45) is 6.04. The topological polar surface area (TPSA) is 21.3 Å². The van der Waals surface area contributed by atoms with Gasteiger partial charge in [0.15, 0.2) is 0 Å². The summed E-state index contributed by atoms with van der Waals surface area (Å²) in [5, 5.41) is 3.77. The predicted molar refractivity (Wildman–Crippen MR) is 95.0 cm³/mol. The summed E-state index contributed by atoms with van der Waals surface area (Å²) in [5.74, 6) is 2.03. The normalized spacial score (nSPS) is 24.9. The van der Waals surface area contributed by atoms with Gasteiger partial charge in [-0.25, -0.2) is 0 Å². The van der Waals surface area contributed by atoms with E-state index in [0.29, 0.717) is 17.9 Å². The maximum atomic E-state index is 5.89. The molecule has 2 aromatic carbocycles. The number of anilines is 1. The lowest BCUT2D eigenvalue weighted by Gasteiger charge is -2.37. The third-order valence-corrected chi connectivity index (χ3v) is 4.86. The predicted octanol–water partition coefficient (Wildman–Crippen LogP) is 5.30. The van der Waals surface area contributed by atoms with Gasteiger partial charge in [-0.3, -0.25) is 0 Å². The third-order valence-electron chi connectivity index (χ3n) is 4.86. The van der Waals surface area contributed by atoms with Gasteiger partial charge >= 0.3 is 0 Å². The summed E-state index contributed by atoms with van der Waals surface area (Å²) < 4.78 is 5.89. The average Bonchev–Trinajstić information content (AvgIpc) is 3.04. The molecule has 23 heavy (non-hydrogen) atoms. The summed E-state index contributed by atoms with van der Waals surface area (Å²) >= 11 is 0. The Morgan fingerprint density at radius 2 is 1.91 bits per heavy atom. The molecule has 0 bridgehead atoms. The molecule has 1 heterocycles. The second kappa shape index (κ2) is 5.77. The van der Waals surface area contributed by atoms with E-state index in [0.717, 1.165) is 12.2 Å². The number of ether oxygens (including phenoxy) is 1. The number of hydrogen-bond donors (Lipinski definition) is 1. The average molecular weight is 305 g/mol. The van der Waals surface area contributed by atoms with E-state index in [-0.39, 0.29) is 6.10 Å². The molecular weight excluding hydrogens is 282 g/mol. The number of nitrogens with one attached hydrogen (secondary N) is 1. The molecule has 1 N–H and O–H groups in total. The Morgan fingerprint density at radius 3 is 2.70 bits per heavy atom. The van der Waals surface area contributed by atoms with Crippen LogP contribution in [0.2, 0.25) is 0 Å². The lowest BCUT2D eigenvalue weighted by Crippen LogP contribution is -2.29. The van der Waals surface area contributed by atoms with Crippen molar-refractivity contribution in [2.45, 2.75) is 38.3 Å². The molecule has 0 radical (unpaired) electrons. The number of hydrogen-bond acceptors (Lipinski definition) is 2. The summed E-state index contributed by atoms with van der Waals surface area (Å²) in [6.45, 7) is 4.14. The van der Waals surface area contributed by atoms with Gasteiger partial charge < -0.3 is 10.1 Å². The molecule has 3 atom stereocenters. The van der Waals surface area contributed by atoms with E-state index in [1.54, 1.807) is 0 Å². The van der Waals surface area contributed by atoms with Crippen LogP contribution in [0.15, 0.2) is 60.7 Å². The molecule has 0 aromatic heterocycles. The molecule has 118 valence electrons. The van der Waals surface area contributed by atoms with Gasteiger partial charge in [-0.1, -0.05) is 42.5 Å². The summed E-state index contributed by atoms with van der Waals surface area (Å²) in [7, 11) is 0. The van der Waals surface area contributed by atoms with E-state index in [2.05, 4.69) is 79.8 Å². The first kappa shape index (κ1) is 14.4. The molecule has 2 aromatic rings. The second-order valence-corrected chi connectivity index (χ2v) is 6.80. The highest BCUT2D eigenvalue weighted by Gasteiger charge is 2.37. The lowest BCUT2D eigenvalue weighted by atomic mass is 9.77. The molecule has 2 heteroatoms. The van der Waals surface area contributed by atoms with Crippen molar-refractivity contribution in [1.29, 1.82) is 0 Å². The number of rotatable bonds is 3. The molecule has 4 rings (SSSR count). The third kappa shape index (κ3) is 2.63. The van der Waals surface area contributed by atoms with Crippen molar-refractivity contribution < 1.29 is 4.74 Å². The van der Waals surface area contributed by atoms with Crippen molar-refractivity contribution in [1.82, 2.24) is 0 Å². The molecular formula is C21H23NO. The quantitative estimate of drug-likeness (QED) is 0.777. The minimum absolute atomic E-state index is 0.205. The van der Waals surface area contributed by atoms with Crippen LogP contribution in [-0.4, -0.2) is 6.10 Å². The second-order valence-electron chi connectivity index (χ2n) is 6.80. The van der Waals surface area contributed by atoms with Crippen LogP contribution in [0.4, 0.5) is 5.69 Å². The van der Waals surface area contributed by atoms with Gasteiger partial charge in [0.25, 0.3) is 0 Å². The maximum absolute atomic E-state index is 5.89. The Balaban J connectivity index is 1.72. The van der Waals surface area contributed by atoms with E-state index in [1.807, 2.05) is 0 Å². The first-order valence-corrected chi connectivity index (χ1v) is 8.51. The molecule has 0 saturated heterocycles. The van der Waals surface area contributed by atoms with Gasteiger partial charge in [-0.05, 0) is 55.5 Å². The van der Waals surface area contributed by atoms with Crippen LogP contribution < -0.4 is 10.1 Å². The smallest absolute Gasteiger partial charge is 0.120 e. The maximum Gasteiger partial charge on any atom is 0.120 e. The fourth-order valence-corrected chi connectivity index (χ4v) is 3.91. The Bertz CT molecular complexity index is 720. The summed E-state index contributed by atoms with van der Waals surface area (Å²) in [5.41, 5.74) is 3.98. The Kier molecular flexibility index (Phi) is 3.60. The molecule has 0 fully saturated rings. The molecule has 0 saturated carbocycles. The van der Waals surface area contributed by atoms with Crippen LogP contribution in [0.5, 0.6) is 5.75 Å². The van der Waals surface area contributed by atoms with Crippen molar-refractivity contribution in [3.8, 4) is 5.75 Å². The van der Waals surface area contributed by atoms with Crippen LogP contribution in [0.25, 0.3) is 0 Å². The molecule has 0 spiro atoms. The highest BCUT2D eigenvalue weighted by molar-refractivity contribution is 5.61. The van der Waals surface area contributed by atoms with Gasteiger partial charge in [-0.15, -0.1) is 0 Å². The number of benzene rings is 2. The zero-order chi connectivity index (χ0) is 15.8. The highest BCUT2D eigenvalue weighted by atomic mass is 16.5. The summed E-state index contributed by atoms with van der Waals surface area (Å²) in [4.78, 5) is 0. The van der Waals surface area contributed by atoms with Crippen LogP contribution in [-0.2, 0) is 0 Å². The minimum atomic E-state index is 0.205. The van der Waals surface area contributed by atoms with Crippen LogP contribution in [0.1, 0.15) is 43.4 Å². The van der Waals surface area contributed by atoms with E-state index >= 15 is 0 Å². The monoisotopic (exact) mass is 305 g/mol. The van der Waals surface area contributed by atoms with Crippen molar-refractivity contribution in [3.63, 3.8) is 0 Å². The molecule has 1 aliphatic heterocycles. The highest BCUT2D eigenvalue weighted by Crippen LogP contribution is 2.50. The van der Waals surface area contributed by atoms with Gasteiger partial charge in [0.05, 0.1) is 12.1 Å². The van der Waals surface area contributed by atoms with Gasteiger partial charge in [0, 0.05) is 11.6 Å².